The van der Waals surface area contributed by atoms with E-state index in [9.17, 15) is 4.79 Å². The van der Waals surface area contributed by atoms with Crippen LogP contribution in [0.1, 0.15) is 31.7 Å². The van der Waals surface area contributed by atoms with Crippen LogP contribution in [0, 0.1) is 0 Å². The molecule has 0 aliphatic rings. The molecular weight excluding hydrogens is 346 g/mol. The first-order chi connectivity index (χ1) is 12.6. The van der Waals surface area contributed by atoms with Gasteiger partial charge in [0, 0.05) is 28.7 Å². The molecule has 0 atom stereocenters. The molecule has 0 spiro atoms. The molecule has 0 amide bonds. The lowest BCUT2D eigenvalue weighted by atomic mass is 10.1. The number of fused-ring (bicyclic) bond motifs is 1. The lowest BCUT2D eigenvalue weighted by molar-refractivity contribution is -0.135. The average molecular weight is 367 g/mol. The molecular formula is C20H21N3O2S. The standard InChI is InChI=1S/C20H21N3O2S/c1-4-5-7-14(20(24)25-3)10-13(2)19-23-17(12-26-19)16-11-22-18-15(16)8-6-9-21-18/h6-12H,4-5H2,1-3H3,(H,21,22)/b13-10+,14-7+. The van der Waals surface area contributed by atoms with Crippen LogP contribution in [0.25, 0.3) is 27.9 Å². The minimum atomic E-state index is -0.322. The number of methoxy groups -OCH3 is 1. The van der Waals surface area contributed by atoms with Gasteiger partial charge in [0.25, 0.3) is 0 Å². The van der Waals surface area contributed by atoms with E-state index in [0.29, 0.717) is 5.57 Å². The van der Waals surface area contributed by atoms with Crippen molar-refractivity contribution >= 4 is 33.9 Å². The number of hydrogen-bond acceptors (Lipinski definition) is 5. The number of hydrogen-bond donors (Lipinski definition) is 1. The molecule has 0 unspecified atom stereocenters. The third-order valence-electron chi connectivity index (χ3n) is 4.01. The van der Waals surface area contributed by atoms with Gasteiger partial charge >= 0.3 is 5.97 Å². The third kappa shape index (κ3) is 3.75. The van der Waals surface area contributed by atoms with Crippen LogP contribution in [0.2, 0.25) is 0 Å². The number of unbranched alkanes of at least 4 members (excludes halogenated alkanes) is 1. The van der Waals surface area contributed by atoms with Gasteiger partial charge in [-0.05, 0) is 37.1 Å². The summed E-state index contributed by atoms with van der Waals surface area (Å²) >= 11 is 1.56. The number of pyridine rings is 1. The number of thiazole rings is 1. The molecule has 134 valence electrons. The minimum absolute atomic E-state index is 0.322. The predicted octanol–water partition coefficient (Wildman–Crippen LogP) is 4.99. The number of H-pyrrole nitrogens is 1. The second-order valence-corrected chi connectivity index (χ2v) is 6.76. The Kier molecular flexibility index (Phi) is 5.63. The van der Waals surface area contributed by atoms with E-state index in [2.05, 4.69) is 16.9 Å². The molecule has 3 rings (SSSR count). The van der Waals surface area contributed by atoms with Crippen molar-refractivity contribution in [2.75, 3.05) is 7.11 Å². The number of nitrogens with zero attached hydrogens (tertiary/aromatic N) is 2. The summed E-state index contributed by atoms with van der Waals surface area (Å²) < 4.78 is 4.88. The molecule has 3 heterocycles. The van der Waals surface area contributed by atoms with Crippen molar-refractivity contribution in [2.24, 2.45) is 0 Å². The number of carbonyl (C=O) groups excluding carboxylic acids is 1. The molecule has 0 fully saturated rings. The second kappa shape index (κ2) is 8.10. The number of nitrogens with one attached hydrogen (secondary N) is 1. The maximum absolute atomic E-state index is 12.0. The van der Waals surface area contributed by atoms with E-state index < -0.39 is 0 Å². The predicted molar refractivity (Wildman–Crippen MR) is 106 cm³/mol. The average Bonchev–Trinajstić information content (AvgIpc) is 3.31. The van der Waals surface area contributed by atoms with Crippen molar-refractivity contribution in [2.45, 2.75) is 26.7 Å². The van der Waals surface area contributed by atoms with Gasteiger partial charge in [0.2, 0.25) is 0 Å². The van der Waals surface area contributed by atoms with Gasteiger partial charge in [-0.15, -0.1) is 11.3 Å². The summed E-state index contributed by atoms with van der Waals surface area (Å²) in [6.45, 7) is 4.03. The molecule has 3 aromatic heterocycles. The fraction of sp³-hybridized carbons (Fsp3) is 0.250. The first kappa shape index (κ1) is 18.1. The summed E-state index contributed by atoms with van der Waals surface area (Å²) in [6.07, 6.45) is 9.26. The highest BCUT2D eigenvalue weighted by Gasteiger charge is 2.13. The van der Waals surface area contributed by atoms with Crippen molar-refractivity contribution in [3.8, 4) is 11.3 Å². The molecule has 0 aromatic carbocycles. The van der Waals surface area contributed by atoms with E-state index in [-0.39, 0.29) is 5.97 Å². The summed E-state index contributed by atoms with van der Waals surface area (Å²) in [5.74, 6) is -0.322. The third-order valence-corrected chi connectivity index (χ3v) is 4.99. The smallest absolute Gasteiger partial charge is 0.337 e. The maximum Gasteiger partial charge on any atom is 0.337 e. The number of ether oxygens (including phenoxy) is 1. The molecule has 5 nitrogen and oxygen atoms in total. The fourth-order valence-electron chi connectivity index (χ4n) is 2.66. The number of allylic oxidation sites excluding steroid dienone is 2. The van der Waals surface area contributed by atoms with E-state index in [4.69, 9.17) is 9.72 Å². The first-order valence-electron chi connectivity index (χ1n) is 8.49. The Labute approximate surface area is 156 Å². The van der Waals surface area contributed by atoms with Crippen molar-refractivity contribution in [3.63, 3.8) is 0 Å². The van der Waals surface area contributed by atoms with Gasteiger partial charge < -0.3 is 9.72 Å². The lowest BCUT2D eigenvalue weighted by Gasteiger charge is -2.02. The number of esters is 1. The number of aromatic nitrogens is 3. The molecule has 0 bridgehead atoms. The van der Waals surface area contributed by atoms with Gasteiger partial charge in [-0.25, -0.2) is 14.8 Å². The van der Waals surface area contributed by atoms with Crippen LogP contribution >= 0.6 is 11.3 Å². The zero-order valence-corrected chi connectivity index (χ0v) is 15.9. The number of carbonyl (C=O) groups is 1. The summed E-state index contributed by atoms with van der Waals surface area (Å²) in [7, 11) is 1.40. The normalized spacial score (nSPS) is 12.6. The maximum atomic E-state index is 12.0. The van der Waals surface area contributed by atoms with Crippen LogP contribution in [-0.4, -0.2) is 28.0 Å². The molecule has 3 aromatic rings. The Bertz CT molecular complexity index is 982. The summed E-state index contributed by atoms with van der Waals surface area (Å²) in [5, 5.41) is 3.95. The summed E-state index contributed by atoms with van der Waals surface area (Å²) in [6, 6.07) is 3.94. The topological polar surface area (TPSA) is 67.9 Å². The largest absolute Gasteiger partial charge is 0.465 e. The molecule has 6 heteroatoms. The van der Waals surface area contributed by atoms with Gasteiger partial charge in [-0.3, -0.25) is 0 Å². The van der Waals surface area contributed by atoms with Crippen molar-refractivity contribution < 1.29 is 9.53 Å². The van der Waals surface area contributed by atoms with E-state index >= 15 is 0 Å². The highest BCUT2D eigenvalue weighted by atomic mass is 32.1. The molecule has 1 N–H and O–H groups in total. The molecule has 0 radical (unpaired) electrons. The molecule has 0 saturated heterocycles. The summed E-state index contributed by atoms with van der Waals surface area (Å²) in [5.41, 5.74) is 4.28. The SMILES string of the molecule is CCC/C=C(\C=C(/C)c1nc(-c2c[nH]c3ncccc23)cs1)C(=O)OC. The van der Waals surface area contributed by atoms with Crippen molar-refractivity contribution in [1.29, 1.82) is 0 Å². The van der Waals surface area contributed by atoms with Crippen LogP contribution in [-0.2, 0) is 9.53 Å². The van der Waals surface area contributed by atoms with Gasteiger partial charge in [-0.2, -0.15) is 0 Å². The molecule has 0 aliphatic carbocycles. The molecule has 0 saturated carbocycles. The Hall–Kier alpha value is -2.73. The van der Waals surface area contributed by atoms with Gasteiger partial charge in [0.1, 0.15) is 10.7 Å². The molecule has 0 aliphatic heterocycles. The number of rotatable bonds is 6. The van der Waals surface area contributed by atoms with Gasteiger partial charge in [-0.1, -0.05) is 19.4 Å². The Balaban J connectivity index is 1.92. The van der Waals surface area contributed by atoms with E-state index in [1.54, 1.807) is 17.5 Å². The van der Waals surface area contributed by atoms with E-state index in [1.165, 1.54) is 7.11 Å². The number of aromatic amines is 1. The van der Waals surface area contributed by atoms with Gasteiger partial charge in [0.15, 0.2) is 0 Å². The van der Waals surface area contributed by atoms with Gasteiger partial charge in [0.05, 0.1) is 18.4 Å². The Morgan fingerprint density at radius 2 is 2.27 bits per heavy atom. The fourth-order valence-corrected chi connectivity index (χ4v) is 3.46. The zero-order chi connectivity index (χ0) is 18.5. The van der Waals surface area contributed by atoms with Crippen LogP contribution in [0.4, 0.5) is 0 Å². The minimum Gasteiger partial charge on any atom is -0.465 e. The molecule has 26 heavy (non-hydrogen) atoms. The van der Waals surface area contributed by atoms with Crippen LogP contribution in [0.3, 0.4) is 0 Å². The highest BCUT2D eigenvalue weighted by Crippen LogP contribution is 2.31. The Morgan fingerprint density at radius 1 is 1.42 bits per heavy atom. The monoisotopic (exact) mass is 367 g/mol. The van der Waals surface area contributed by atoms with E-state index in [0.717, 1.165) is 45.7 Å². The van der Waals surface area contributed by atoms with Crippen molar-refractivity contribution in [1.82, 2.24) is 15.0 Å². The van der Waals surface area contributed by atoms with Crippen LogP contribution < -0.4 is 0 Å². The van der Waals surface area contributed by atoms with Crippen LogP contribution in [0.15, 0.2) is 47.6 Å². The Morgan fingerprint density at radius 3 is 3.04 bits per heavy atom. The lowest BCUT2D eigenvalue weighted by Crippen LogP contribution is -2.03. The highest BCUT2D eigenvalue weighted by molar-refractivity contribution is 7.11. The van der Waals surface area contributed by atoms with E-state index in [1.807, 2.05) is 42.8 Å². The quantitative estimate of drug-likeness (QED) is 0.379. The zero-order valence-electron chi connectivity index (χ0n) is 15.1. The summed E-state index contributed by atoms with van der Waals surface area (Å²) in [4.78, 5) is 24.2. The van der Waals surface area contributed by atoms with Crippen LogP contribution in [0.5, 0.6) is 0 Å². The first-order valence-corrected chi connectivity index (χ1v) is 9.37. The second-order valence-electron chi connectivity index (χ2n) is 5.91. The van der Waals surface area contributed by atoms with Crippen molar-refractivity contribution in [3.05, 3.63) is 52.6 Å².